The Bertz CT molecular complexity index is 993. The van der Waals surface area contributed by atoms with Crippen molar-refractivity contribution in [1.29, 1.82) is 0 Å². The van der Waals surface area contributed by atoms with E-state index in [9.17, 15) is 15.0 Å². The van der Waals surface area contributed by atoms with Crippen LogP contribution in [0.1, 0.15) is 12.5 Å². The molecule has 0 amide bonds. The molecule has 5 nitrogen and oxygen atoms in total. The minimum atomic E-state index is -0.611. The Morgan fingerprint density at radius 3 is 2.43 bits per heavy atom. The number of rotatable bonds is 4. The minimum Gasteiger partial charge on any atom is -0.506 e. The molecular formula is C20H15I2NO4S. The maximum absolute atomic E-state index is 12.4. The van der Waals surface area contributed by atoms with Crippen LogP contribution in [-0.4, -0.2) is 27.8 Å². The van der Waals surface area contributed by atoms with E-state index in [0.29, 0.717) is 22.8 Å². The molecule has 2 aromatic rings. The number of halogens is 2. The summed E-state index contributed by atoms with van der Waals surface area (Å²) in [7, 11) is 0. The van der Waals surface area contributed by atoms with Gasteiger partial charge in [0.2, 0.25) is 0 Å². The van der Waals surface area contributed by atoms with Gasteiger partial charge in [0.1, 0.15) is 22.1 Å². The van der Waals surface area contributed by atoms with Gasteiger partial charge < -0.3 is 14.9 Å². The second-order valence-electron chi connectivity index (χ2n) is 5.64. The Morgan fingerprint density at radius 1 is 1.18 bits per heavy atom. The normalized spacial score (nSPS) is 16.8. The van der Waals surface area contributed by atoms with Crippen LogP contribution in [0, 0.1) is 7.14 Å². The molecule has 0 spiro atoms. The van der Waals surface area contributed by atoms with E-state index in [4.69, 9.17) is 4.74 Å². The summed E-state index contributed by atoms with van der Waals surface area (Å²) in [6.45, 7) is 1.91. The van der Waals surface area contributed by atoms with E-state index in [2.05, 4.69) is 4.99 Å². The molecule has 0 aromatic heterocycles. The van der Waals surface area contributed by atoms with E-state index in [0.717, 1.165) is 5.56 Å². The summed E-state index contributed by atoms with van der Waals surface area (Å²) in [6, 6.07) is 12.8. The number of ether oxygens (including phenoxy) is 1. The van der Waals surface area contributed by atoms with Gasteiger partial charge in [-0.1, -0.05) is 30.0 Å². The Morgan fingerprint density at radius 2 is 1.82 bits per heavy atom. The van der Waals surface area contributed by atoms with Crippen molar-refractivity contribution in [3.8, 4) is 5.75 Å². The lowest BCUT2D eigenvalue weighted by molar-refractivity contribution is -0.138. The predicted octanol–water partition coefficient (Wildman–Crippen LogP) is 5.79. The summed E-state index contributed by atoms with van der Waals surface area (Å²) >= 11 is 5.30. The number of benzene rings is 2. The number of para-hydroxylation sites is 1. The molecule has 0 saturated carbocycles. The first-order chi connectivity index (χ1) is 13.4. The summed E-state index contributed by atoms with van der Waals surface area (Å²) in [6.07, 6.45) is 1.76. The third kappa shape index (κ3) is 4.71. The average molecular weight is 619 g/mol. The number of esters is 1. The third-order valence-corrected chi connectivity index (χ3v) is 6.36. The Hall–Kier alpha value is -1.53. The SMILES string of the molecule is CCOC(=O)C1=C(O)/C(=C/c2cc(I)c(O)c(I)c2)SC1=Nc1ccccc1. The van der Waals surface area contributed by atoms with Crippen LogP contribution in [0.25, 0.3) is 6.08 Å². The fourth-order valence-electron chi connectivity index (χ4n) is 2.43. The molecule has 8 heteroatoms. The highest BCUT2D eigenvalue weighted by atomic mass is 127. The topological polar surface area (TPSA) is 79.1 Å². The lowest BCUT2D eigenvalue weighted by Crippen LogP contribution is -2.12. The van der Waals surface area contributed by atoms with Crippen LogP contribution in [0.2, 0.25) is 0 Å². The Balaban J connectivity index is 2.06. The van der Waals surface area contributed by atoms with Crippen LogP contribution in [0.5, 0.6) is 5.75 Å². The number of phenolic OH excluding ortho intramolecular Hbond substituents is 1. The van der Waals surface area contributed by atoms with E-state index in [1.807, 2.05) is 75.5 Å². The number of aliphatic hydroxyl groups is 1. The molecule has 0 bridgehead atoms. The number of aromatic hydroxyl groups is 1. The number of aliphatic hydroxyl groups excluding tert-OH is 1. The fraction of sp³-hybridized carbons (Fsp3) is 0.100. The van der Waals surface area contributed by atoms with Gasteiger partial charge in [0.15, 0.2) is 0 Å². The maximum atomic E-state index is 12.4. The highest BCUT2D eigenvalue weighted by molar-refractivity contribution is 14.1. The molecule has 0 atom stereocenters. The highest BCUT2D eigenvalue weighted by Gasteiger charge is 2.33. The van der Waals surface area contributed by atoms with Gasteiger partial charge in [0.25, 0.3) is 0 Å². The first-order valence-corrected chi connectivity index (χ1v) is 11.2. The van der Waals surface area contributed by atoms with E-state index < -0.39 is 5.97 Å². The van der Waals surface area contributed by atoms with E-state index in [1.165, 1.54) is 11.8 Å². The molecule has 1 heterocycles. The van der Waals surface area contributed by atoms with Crippen molar-refractivity contribution in [3.05, 3.63) is 71.4 Å². The molecule has 2 N–H and O–H groups in total. The van der Waals surface area contributed by atoms with Crippen molar-refractivity contribution >= 4 is 79.7 Å². The molecule has 0 fully saturated rings. The summed E-state index contributed by atoms with van der Waals surface area (Å²) in [5.74, 6) is -0.544. The summed E-state index contributed by atoms with van der Waals surface area (Å²) in [5, 5.41) is 21.0. The first-order valence-electron chi connectivity index (χ1n) is 8.23. The number of aliphatic imine (C=N–C) groups is 1. The lowest BCUT2D eigenvalue weighted by Gasteiger charge is -2.04. The Kier molecular flexibility index (Phi) is 7.05. The van der Waals surface area contributed by atoms with Crippen molar-refractivity contribution in [3.63, 3.8) is 0 Å². The van der Waals surface area contributed by atoms with Crippen LogP contribution in [0.3, 0.4) is 0 Å². The molecule has 1 aliphatic heterocycles. The zero-order chi connectivity index (χ0) is 20.3. The van der Waals surface area contributed by atoms with Gasteiger partial charge in [-0.05, 0) is 88.0 Å². The van der Waals surface area contributed by atoms with Gasteiger partial charge in [-0.2, -0.15) is 0 Å². The highest BCUT2D eigenvalue weighted by Crippen LogP contribution is 2.40. The number of hydrogen-bond donors (Lipinski definition) is 2. The van der Waals surface area contributed by atoms with Crippen LogP contribution in [0.15, 0.2) is 63.7 Å². The first kappa shape index (κ1) is 21.2. The number of hydrogen-bond acceptors (Lipinski definition) is 6. The number of thioether (sulfide) groups is 1. The molecule has 28 heavy (non-hydrogen) atoms. The van der Waals surface area contributed by atoms with Gasteiger partial charge in [-0.25, -0.2) is 9.79 Å². The molecule has 144 valence electrons. The van der Waals surface area contributed by atoms with Crippen LogP contribution < -0.4 is 0 Å². The van der Waals surface area contributed by atoms with Gasteiger partial charge >= 0.3 is 5.97 Å². The summed E-state index contributed by atoms with van der Waals surface area (Å²) in [5.41, 5.74) is 1.53. The largest absolute Gasteiger partial charge is 0.506 e. The number of carbonyl (C=O) groups excluding carboxylic acids is 1. The van der Waals surface area contributed by atoms with Gasteiger partial charge in [0.05, 0.1) is 24.3 Å². The standard InChI is InChI=1S/C20H15I2NO4S/c1-2-27-20(26)16-18(25)15(10-11-8-13(21)17(24)14(22)9-11)28-19(16)23-12-6-4-3-5-7-12/h3-10,24-25H,2H2,1H3/b15-10-,23-19?. The quantitative estimate of drug-likeness (QED) is 0.335. The second kappa shape index (κ2) is 9.31. The predicted molar refractivity (Wildman–Crippen MR) is 129 cm³/mol. The molecule has 1 aliphatic rings. The molecule has 0 unspecified atom stereocenters. The summed E-state index contributed by atoms with van der Waals surface area (Å²) < 4.78 is 6.50. The molecule has 0 saturated heterocycles. The molecular weight excluding hydrogens is 604 g/mol. The zero-order valence-electron chi connectivity index (χ0n) is 14.6. The molecule has 2 aromatic carbocycles. The Labute approximate surface area is 193 Å². The number of carbonyl (C=O) groups is 1. The smallest absolute Gasteiger partial charge is 0.344 e. The van der Waals surface area contributed by atoms with Crippen molar-refractivity contribution in [1.82, 2.24) is 0 Å². The minimum absolute atomic E-state index is 0.0603. The van der Waals surface area contributed by atoms with Crippen molar-refractivity contribution < 1.29 is 19.7 Å². The van der Waals surface area contributed by atoms with Gasteiger partial charge in [-0.3, -0.25) is 0 Å². The van der Waals surface area contributed by atoms with E-state index in [1.54, 1.807) is 25.1 Å². The lowest BCUT2D eigenvalue weighted by atomic mass is 10.1. The molecule has 0 radical (unpaired) electrons. The van der Waals surface area contributed by atoms with Crippen molar-refractivity contribution in [2.45, 2.75) is 6.92 Å². The van der Waals surface area contributed by atoms with Crippen LogP contribution in [0.4, 0.5) is 5.69 Å². The number of phenols is 1. The monoisotopic (exact) mass is 619 g/mol. The van der Waals surface area contributed by atoms with E-state index in [-0.39, 0.29) is 23.7 Å². The van der Waals surface area contributed by atoms with Crippen molar-refractivity contribution in [2.75, 3.05) is 6.61 Å². The van der Waals surface area contributed by atoms with Crippen molar-refractivity contribution in [2.24, 2.45) is 4.99 Å². The molecule has 0 aliphatic carbocycles. The van der Waals surface area contributed by atoms with Crippen LogP contribution >= 0.6 is 56.9 Å². The second-order valence-corrected chi connectivity index (χ2v) is 9.00. The number of nitrogens with zero attached hydrogens (tertiary/aromatic N) is 1. The van der Waals surface area contributed by atoms with E-state index >= 15 is 0 Å². The third-order valence-electron chi connectivity index (χ3n) is 3.69. The average Bonchev–Trinajstić information content (AvgIpc) is 2.95. The fourth-order valence-corrected chi connectivity index (χ4v) is 5.28. The maximum Gasteiger partial charge on any atom is 0.344 e. The van der Waals surface area contributed by atoms with Gasteiger partial charge in [-0.15, -0.1) is 0 Å². The zero-order valence-corrected chi connectivity index (χ0v) is 19.8. The van der Waals surface area contributed by atoms with Gasteiger partial charge in [0, 0.05) is 0 Å². The molecule has 3 rings (SSSR count). The van der Waals surface area contributed by atoms with Crippen LogP contribution in [-0.2, 0) is 9.53 Å². The summed E-state index contributed by atoms with van der Waals surface area (Å²) in [4.78, 5) is 17.4.